The Morgan fingerprint density at radius 2 is 2.46 bits per heavy atom. The quantitative estimate of drug-likeness (QED) is 0.597. The van der Waals surface area contributed by atoms with E-state index in [4.69, 9.17) is 5.73 Å². The minimum atomic E-state index is -0.524. The number of carbonyl (C=O) groups is 1. The summed E-state index contributed by atoms with van der Waals surface area (Å²) in [4.78, 5) is 26.8. The van der Waals surface area contributed by atoms with Crippen LogP contribution in [0.2, 0.25) is 0 Å². The standard InChI is InChI=1S/C7H9N3O3/c1-4(11)13-3-5-2-9-7(12)10-6(5)8/h2H,3H2,1H3,(H3,8,9,10,12). The zero-order valence-electron chi connectivity index (χ0n) is 7.03. The molecular formula is C7H9N3O3. The van der Waals surface area contributed by atoms with Gasteiger partial charge in [-0.3, -0.25) is 9.78 Å². The number of hydrogen-bond acceptors (Lipinski definition) is 5. The molecule has 6 nitrogen and oxygen atoms in total. The lowest BCUT2D eigenvalue weighted by atomic mass is 10.3. The topological polar surface area (TPSA) is 98.1 Å². The number of aromatic nitrogens is 2. The zero-order chi connectivity index (χ0) is 9.84. The highest BCUT2D eigenvalue weighted by molar-refractivity contribution is 5.66. The molecule has 1 aromatic heterocycles. The van der Waals surface area contributed by atoms with Crippen molar-refractivity contribution in [3.63, 3.8) is 0 Å². The van der Waals surface area contributed by atoms with E-state index in [1.54, 1.807) is 0 Å². The molecule has 3 N–H and O–H groups in total. The Labute approximate surface area is 73.7 Å². The Morgan fingerprint density at radius 3 is 3.00 bits per heavy atom. The van der Waals surface area contributed by atoms with Crippen LogP contribution < -0.4 is 11.4 Å². The van der Waals surface area contributed by atoms with Crippen molar-refractivity contribution in [1.82, 2.24) is 9.97 Å². The largest absolute Gasteiger partial charge is 0.461 e. The summed E-state index contributed by atoms with van der Waals surface area (Å²) in [7, 11) is 0. The molecule has 0 aliphatic rings. The number of nitrogens with one attached hydrogen (secondary N) is 1. The Kier molecular flexibility index (Phi) is 2.63. The van der Waals surface area contributed by atoms with Gasteiger partial charge in [0.15, 0.2) is 0 Å². The number of aromatic amines is 1. The van der Waals surface area contributed by atoms with Gasteiger partial charge < -0.3 is 10.5 Å². The lowest BCUT2D eigenvalue weighted by molar-refractivity contribution is -0.142. The molecule has 0 aliphatic carbocycles. The number of nitrogen functional groups attached to an aromatic ring is 1. The SMILES string of the molecule is CC(=O)OCc1cnc(=O)[nH]c1N. The van der Waals surface area contributed by atoms with Crippen LogP contribution in [0, 0.1) is 0 Å². The highest BCUT2D eigenvalue weighted by atomic mass is 16.5. The summed E-state index contributed by atoms with van der Waals surface area (Å²) in [6, 6.07) is 0. The molecule has 1 heterocycles. The van der Waals surface area contributed by atoms with Gasteiger partial charge in [0.2, 0.25) is 0 Å². The third kappa shape index (κ3) is 2.58. The fourth-order valence-electron chi connectivity index (χ4n) is 0.728. The molecule has 70 valence electrons. The Bertz CT molecular complexity index is 371. The molecular weight excluding hydrogens is 174 g/mol. The van der Waals surface area contributed by atoms with Gasteiger partial charge in [0.1, 0.15) is 12.4 Å². The number of ether oxygens (including phenoxy) is 1. The number of rotatable bonds is 2. The first-order valence-corrected chi connectivity index (χ1v) is 3.56. The van der Waals surface area contributed by atoms with Crippen molar-refractivity contribution in [3.8, 4) is 0 Å². The number of hydrogen-bond donors (Lipinski definition) is 2. The molecule has 13 heavy (non-hydrogen) atoms. The van der Waals surface area contributed by atoms with Gasteiger partial charge in [0.25, 0.3) is 0 Å². The Balaban J connectivity index is 2.78. The molecule has 0 fully saturated rings. The van der Waals surface area contributed by atoms with Gasteiger partial charge in [0, 0.05) is 18.7 Å². The maximum absolute atomic E-state index is 10.6. The maximum atomic E-state index is 10.6. The molecule has 1 aromatic rings. The smallest absolute Gasteiger partial charge is 0.346 e. The van der Waals surface area contributed by atoms with E-state index in [2.05, 4.69) is 14.7 Å². The van der Waals surface area contributed by atoms with Crippen LogP contribution >= 0.6 is 0 Å². The molecule has 6 heteroatoms. The van der Waals surface area contributed by atoms with Gasteiger partial charge in [-0.15, -0.1) is 0 Å². The lowest BCUT2D eigenvalue weighted by Gasteiger charge is -2.03. The van der Waals surface area contributed by atoms with Crippen molar-refractivity contribution in [2.45, 2.75) is 13.5 Å². The predicted molar refractivity (Wildman–Crippen MR) is 44.7 cm³/mol. The van der Waals surface area contributed by atoms with Crippen LogP contribution in [-0.4, -0.2) is 15.9 Å². The molecule has 0 atom stereocenters. The van der Waals surface area contributed by atoms with Crippen LogP contribution in [-0.2, 0) is 16.1 Å². The molecule has 0 aliphatic heterocycles. The minimum absolute atomic E-state index is 0.0188. The number of carbonyl (C=O) groups excluding carboxylic acids is 1. The molecule has 0 saturated carbocycles. The Hall–Kier alpha value is -1.85. The first kappa shape index (κ1) is 9.24. The zero-order valence-corrected chi connectivity index (χ0v) is 7.03. The summed E-state index contributed by atoms with van der Waals surface area (Å²) in [6.45, 7) is 1.31. The molecule has 0 aromatic carbocycles. The third-order valence-electron chi connectivity index (χ3n) is 1.36. The monoisotopic (exact) mass is 183 g/mol. The summed E-state index contributed by atoms with van der Waals surface area (Å²) in [5, 5.41) is 0. The average molecular weight is 183 g/mol. The van der Waals surface area contributed by atoms with E-state index in [0.717, 1.165) is 0 Å². The van der Waals surface area contributed by atoms with Crippen LogP contribution in [0.5, 0.6) is 0 Å². The molecule has 0 bridgehead atoms. The third-order valence-corrected chi connectivity index (χ3v) is 1.36. The summed E-state index contributed by atoms with van der Waals surface area (Å²) >= 11 is 0. The predicted octanol–water partition coefficient (Wildman–Crippen LogP) is -0.585. The molecule has 0 saturated heterocycles. The Morgan fingerprint density at radius 1 is 1.77 bits per heavy atom. The van der Waals surface area contributed by atoms with Gasteiger partial charge in [-0.05, 0) is 0 Å². The minimum Gasteiger partial charge on any atom is -0.461 e. The molecule has 0 spiro atoms. The van der Waals surface area contributed by atoms with Crippen LogP contribution in [0.4, 0.5) is 5.82 Å². The van der Waals surface area contributed by atoms with Crippen molar-refractivity contribution in [2.75, 3.05) is 5.73 Å². The van der Waals surface area contributed by atoms with Crippen molar-refractivity contribution in [1.29, 1.82) is 0 Å². The second-order valence-corrected chi connectivity index (χ2v) is 2.41. The van der Waals surface area contributed by atoms with Gasteiger partial charge in [-0.1, -0.05) is 0 Å². The molecule has 1 rings (SSSR count). The second-order valence-electron chi connectivity index (χ2n) is 2.41. The van der Waals surface area contributed by atoms with E-state index in [1.807, 2.05) is 0 Å². The van der Waals surface area contributed by atoms with Crippen LogP contribution in [0.15, 0.2) is 11.0 Å². The fraction of sp³-hybridized carbons (Fsp3) is 0.286. The van der Waals surface area contributed by atoms with E-state index in [9.17, 15) is 9.59 Å². The number of H-pyrrole nitrogens is 1. The molecule has 0 amide bonds. The van der Waals surface area contributed by atoms with Crippen molar-refractivity contribution >= 4 is 11.8 Å². The number of nitrogens with two attached hydrogens (primary N) is 1. The summed E-state index contributed by atoms with van der Waals surface area (Å²) in [6.07, 6.45) is 1.27. The van der Waals surface area contributed by atoms with Gasteiger partial charge in [-0.25, -0.2) is 9.78 Å². The van der Waals surface area contributed by atoms with Crippen molar-refractivity contribution < 1.29 is 9.53 Å². The van der Waals surface area contributed by atoms with E-state index in [0.29, 0.717) is 5.56 Å². The van der Waals surface area contributed by atoms with Crippen molar-refractivity contribution in [2.24, 2.45) is 0 Å². The number of nitrogens with zero attached hydrogens (tertiary/aromatic N) is 1. The number of esters is 1. The first-order chi connectivity index (χ1) is 6.09. The number of anilines is 1. The van der Waals surface area contributed by atoms with E-state index < -0.39 is 11.7 Å². The average Bonchev–Trinajstić information content (AvgIpc) is 2.02. The van der Waals surface area contributed by atoms with Gasteiger partial charge in [0.05, 0.1) is 0 Å². The highest BCUT2D eigenvalue weighted by Crippen LogP contribution is 2.04. The fourth-order valence-corrected chi connectivity index (χ4v) is 0.728. The summed E-state index contributed by atoms with van der Waals surface area (Å²) < 4.78 is 4.67. The summed E-state index contributed by atoms with van der Waals surface area (Å²) in [5.74, 6) is -0.244. The van der Waals surface area contributed by atoms with E-state index in [1.165, 1.54) is 13.1 Å². The van der Waals surface area contributed by atoms with E-state index in [-0.39, 0.29) is 12.4 Å². The normalized spacial score (nSPS) is 9.62. The first-order valence-electron chi connectivity index (χ1n) is 3.56. The van der Waals surface area contributed by atoms with Crippen LogP contribution in [0.1, 0.15) is 12.5 Å². The molecule has 0 radical (unpaired) electrons. The highest BCUT2D eigenvalue weighted by Gasteiger charge is 2.02. The van der Waals surface area contributed by atoms with Gasteiger partial charge in [-0.2, -0.15) is 0 Å². The molecule has 0 unspecified atom stereocenters. The second kappa shape index (κ2) is 3.70. The van der Waals surface area contributed by atoms with Crippen LogP contribution in [0.3, 0.4) is 0 Å². The lowest BCUT2D eigenvalue weighted by Crippen LogP contribution is -2.14. The maximum Gasteiger partial charge on any atom is 0.346 e. The summed E-state index contributed by atoms with van der Waals surface area (Å²) in [5.41, 5.74) is 5.38. The van der Waals surface area contributed by atoms with Crippen molar-refractivity contribution in [3.05, 3.63) is 22.2 Å². The van der Waals surface area contributed by atoms with E-state index >= 15 is 0 Å². The van der Waals surface area contributed by atoms with Gasteiger partial charge >= 0.3 is 11.7 Å². The van der Waals surface area contributed by atoms with Crippen LogP contribution in [0.25, 0.3) is 0 Å².